The van der Waals surface area contributed by atoms with E-state index < -0.39 is 11.6 Å². The van der Waals surface area contributed by atoms with Gasteiger partial charge in [0.05, 0.1) is 0 Å². The predicted molar refractivity (Wildman–Crippen MR) is 92.2 cm³/mol. The Labute approximate surface area is 147 Å². The van der Waals surface area contributed by atoms with Crippen LogP contribution in [0.5, 0.6) is 0 Å². The summed E-state index contributed by atoms with van der Waals surface area (Å²) in [7, 11) is 0. The first-order valence-corrected chi connectivity index (χ1v) is 9.59. The molecule has 1 N–H and O–H groups in total. The number of nitrogens with one attached hydrogen (secondary N) is 1. The zero-order valence-electron chi connectivity index (χ0n) is 14.5. The van der Waals surface area contributed by atoms with Gasteiger partial charge in [-0.1, -0.05) is 25.7 Å². The minimum absolute atomic E-state index is 0.0656. The maximum atomic E-state index is 13.2. The molecule has 3 aliphatic rings. The maximum Gasteiger partial charge on any atom is 0.251 e. The van der Waals surface area contributed by atoms with Gasteiger partial charge >= 0.3 is 0 Å². The van der Waals surface area contributed by atoms with Crippen LogP contribution in [0.1, 0.15) is 48.9 Å². The minimum Gasteiger partial charge on any atom is -0.349 e. The topological polar surface area (TPSA) is 32.3 Å². The Kier molecular flexibility index (Phi) is 4.76. The van der Waals surface area contributed by atoms with Gasteiger partial charge in [0.1, 0.15) is 11.6 Å². The molecule has 1 unspecified atom stereocenters. The van der Waals surface area contributed by atoms with Crippen LogP contribution in [-0.2, 0) is 0 Å². The lowest BCUT2D eigenvalue weighted by molar-refractivity contribution is 0.0942. The van der Waals surface area contributed by atoms with Crippen LogP contribution in [0.15, 0.2) is 18.2 Å². The van der Waals surface area contributed by atoms with Gasteiger partial charge < -0.3 is 10.2 Å². The lowest BCUT2D eigenvalue weighted by Gasteiger charge is -2.20. The number of nitrogens with zero attached hydrogens (tertiary/aromatic N) is 1. The van der Waals surface area contributed by atoms with Gasteiger partial charge in [-0.25, -0.2) is 8.78 Å². The van der Waals surface area contributed by atoms with Crippen LogP contribution in [0, 0.1) is 29.4 Å². The summed E-state index contributed by atoms with van der Waals surface area (Å²) in [5.41, 5.74) is 0.0656. The molecule has 25 heavy (non-hydrogen) atoms. The van der Waals surface area contributed by atoms with Crippen molar-refractivity contribution in [2.24, 2.45) is 17.8 Å². The molecule has 4 rings (SSSR count). The van der Waals surface area contributed by atoms with Crippen molar-refractivity contribution >= 4 is 5.91 Å². The average Bonchev–Trinajstić information content (AvgIpc) is 3.00. The maximum absolute atomic E-state index is 13.2. The van der Waals surface area contributed by atoms with Crippen molar-refractivity contribution < 1.29 is 13.6 Å². The van der Waals surface area contributed by atoms with E-state index >= 15 is 0 Å². The van der Waals surface area contributed by atoms with E-state index in [1.165, 1.54) is 45.1 Å². The second-order valence-corrected chi connectivity index (χ2v) is 8.04. The molecule has 3 atom stereocenters. The van der Waals surface area contributed by atoms with Crippen LogP contribution in [0.3, 0.4) is 0 Å². The van der Waals surface area contributed by atoms with Gasteiger partial charge in [0, 0.05) is 30.8 Å². The zero-order valence-corrected chi connectivity index (χ0v) is 14.5. The number of hydrogen-bond acceptors (Lipinski definition) is 2. The van der Waals surface area contributed by atoms with Crippen LogP contribution in [0.2, 0.25) is 0 Å². The second kappa shape index (κ2) is 7.02. The summed E-state index contributed by atoms with van der Waals surface area (Å²) in [5, 5.41) is 2.95. The van der Waals surface area contributed by atoms with E-state index in [2.05, 4.69) is 10.2 Å². The van der Waals surface area contributed by atoms with Gasteiger partial charge in [0.25, 0.3) is 5.91 Å². The number of piperidine rings is 1. The van der Waals surface area contributed by atoms with Gasteiger partial charge in [-0.2, -0.15) is 0 Å². The number of hydrogen-bond donors (Lipinski definition) is 1. The highest BCUT2D eigenvalue weighted by Gasteiger charge is 2.56. The van der Waals surface area contributed by atoms with Gasteiger partial charge in [-0.05, 0) is 49.3 Å². The molecule has 2 saturated carbocycles. The smallest absolute Gasteiger partial charge is 0.251 e. The van der Waals surface area contributed by atoms with Crippen molar-refractivity contribution in [1.82, 2.24) is 10.2 Å². The normalized spacial score (nSPS) is 29.0. The fraction of sp³-hybridized carbons (Fsp3) is 0.650. The van der Waals surface area contributed by atoms with Crippen LogP contribution in [-0.4, -0.2) is 36.5 Å². The first-order chi connectivity index (χ1) is 12.1. The highest BCUT2D eigenvalue weighted by Crippen LogP contribution is 2.45. The molecule has 1 aromatic carbocycles. The Morgan fingerprint density at radius 3 is 2.36 bits per heavy atom. The third-order valence-corrected chi connectivity index (χ3v) is 6.25. The van der Waals surface area contributed by atoms with E-state index in [1.54, 1.807) is 0 Å². The standard InChI is InChI=1S/C20H26F2N2O/c21-15-8-14(9-16(22)10-15)20(25)23-19-17-11-24(12-18(17)19)7-3-6-13-4-1-2-5-13/h8-10,13,17-19H,1-7,11-12H2,(H,23,25)/t17-,18+,19?. The van der Waals surface area contributed by atoms with Gasteiger partial charge in [0.15, 0.2) is 0 Å². The SMILES string of the molecule is O=C(NC1[C@H]2CN(CCCC3CCCC3)C[C@@H]12)c1cc(F)cc(F)c1. The number of fused-ring (bicyclic) bond motifs is 1. The quantitative estimate of drug-likeness (QED) is 0.852. The van der Waals surface area contributed by atoms with Crippen molar-refractivity contribution in [2.45, 2.75) is 44.6 Å². The molecule has 136 valence electrons. The molecule has 1 saturated heterocycles. The number of carbonyl (C=O) groups is 1. The van der Waals surface area contributed by atoms with Crippen LogP contribution >= 0.6 is 0 Å². The molecule has 3 nitrogen and oxygen atoms in total. The zero-order chi connectivity index (χ0) is 17.4. The molecule has 3 fully saturated rings. The summed E-state index contributed by atoms with van der Waals surface area (Å²) in [5.74, 6) is 0.174. The van der Waals surface area contributed by atoms with E-state index in [-0.39, 0.29) is 17.5 Å². The van der Waals surface area contributed by atoms with E-state index in [0.29, 0.717) is 11.8 Å². The van der Waals surface area contributed by atoms with Crippen molar-refractivity contribution in [1.29, 1.82) is 0 Å². The highest BCUT2D eigenvalue weighted by molar-refractivity contribution is 5.94. The molecule has 1 aromatic rings. The monoisotopic (exact) mass is 348 g/mol. The van der Waals surface area contributed by atoms with Gasteiger partial charge in [0.2, 0.25) is 0 Å². The minimum atomic E-state index is -0.713. The van der Waals surface area contributed by atoms with Crippen molar-refractivity contribution in [2.75, 3.05) is 19.6 Å². The van der Waals surface area contributed by atoms with E-state index in [4.69, 9.17) is 0 Å². The molecule has 0 aromatic heterocycles. The summed E-state index contributed by atoms with van der Waals surface area (Å²) in [4.78, 5) is 14.7. The molecular weight excluding hydrogens is 322 g/mol. The number of likely N-dealkylation sites (tertiary alicyclic amines) is 1. The summed E-state index contributed by atoms with van der Waals surface area (Å²) < 4.78 is 26.5. The van der Waals surface area contributed by atoms with Crippen molar-refractivity contribution in [3.63, 3.8) is 0 Å². The Bertz CT molecular complexity index is 612. The number of rotatable bonds is 6. The van der Waals surface area contributed by atoms with Crippen LogP contribution in [0.25, 0.3) is 0 Å². The van der Waals surface area contributed by atoms with Crippen LogP contribution < -0.4 is 5.32 Å². The van der Waals surface area contributed by atoms with Crippen molar-refractivity contribution in [3.8, 4) is 0 Å². The van der Waals surface area contributed by atoms with Gasteiger partial charge in [-0.3, -0.25) is 4.79 Å². The molecule has 0 radical (unpaired) electrons. The third kappa shape index (κ3) is 3.86. The largest absolute Gasteiger partial charge is 0.349 e. The second-order valence-electron chi connectivity index (χ2n) is 8.04. The predicted octanol–water partition coefficient (Wildman–Crippen LogP) is 3.60. The molecule has 1 heterocycles. The van der Waals surface area contributed by atoms with E-state index in [1.807, 2.05) is 0 Å². The summed E-state index contributed by atoms with van der Waals surface area (Å²) in [6, 6.07) is 3.13. The molecule has 1 aliphatic heterocycles. The van der Waals surface area contributed by atoms with Gasteiger partial charge in [-0.15, -0.1) is 0 Å². The Morgan fingerprint density at radius 2 is 1.72 bits per heavy atom. The highest BCUT2D eigenvalue weighted by atomic mass is 19.1. The van der Waals surface area contributed by atoms with Crippen LogP contribution in [0.4, 0.5) is 8.78 Å². The summed E-state index contributed by atoms with van der Waals surface area (Å²) in [6.07, 6.45) is 8.30. The Hall–Kier alpha value is -1.49. The molecule has 0 spiro atoms. The molecule has 1 amide bonds. The number of amides is 1. The summed E-state index contributed by atoms with van der Waals surface area (Å²) >= 11 is 0. The Morgan fingerprint density at radius 1 is 1.08 bits per heavy atom. The third-order valence-electron chi connectivity index (χ3n) is 6.25. The van der Waals surface area contributed by atoms with E-state index in [0.717, 1.165) is 37.2 Å². The molecule has 5 heteroatoms. The molecule has 0 bridgehead atoms. The first-order valence-electron chi connectivity index (χ1n) is 9.59. The Balaban J connectivity index is 1.19. The number of halogens is 2. The van der Waals surface area contributed by atoms with E-state index in [9.17, 15) is 13.6 Å². The first kappa shape index (κ1) is 17.0. The lowest BCUT2D eigenvalue weighted by atomic mass is 10.0. The number of carbonyl (C=O) groups excluding carboxylic acids is 1. The molecule has 2 aliphatic carbocycles. The lowest BCUT2D eigenvalue weighted by Crippen LogP contribution is -2.35. The average molecular weight is 348 g/mol. The fourth-order valence-corrected chi connectivity index (χ4v) is 4.83. The fourth-order valence-electron chi connectivity index (χ4n) is 4.83. The number of benzene rings is 1. The molecular formula is C20H26F2N2O. The van der Waals surface area contributed by atoms with Crippen molar-refractivity contribution in [3.05, 3.63) is 35.4 Å². The summed E-state index contributed by atoms with van der Waals surface area (Å²) in [6.45, 7) is 3.24.